The lowest BCUT2D eigenvalue weighted by Gasteiger charge is -2.15. The van der Waals surface area contributed by atoms with Gasteiger partial charge in [-0.1, -0.05) is 13.8 Å². The molecule has 4 nitrogen and oxygen atoms in total. The van der Waals surface area contributed by atoms with Gasteiger partial charge in [0.25, 0.3) is 0 Å². The second kappa shape index (κ2) is 4.75. The van der Waals surface area contributed by atoms with E-state index in [-0.39, 0.29) is 22.7 Å². The van der Waals surface area contributed by atoms with Crippen molar-refractivity contribution in [2.45, 2.75) is 26.9 Å². The smallest absolute Gasteiger partial charge is 0.322 e. The van der Waals surface area contributed by atoms with Gasteiger partial charge in [-0.25, -0.2) is 0 Å². The molecule has 0 aromatic carbocycles. The first-order valence-corrected chi connectivity index (χ1v) is 4.98. The fraction of sp³-hybridized carbons (Fsp3) is 0.625. The Kier molecular flexibility index (Phi) is 3.89. The Balaban J connectivity index is 2.76. The van der Waals surface area contributed by atoms with Crippen LogP contribution in [0.5, 0.6) is 6.01 Å². The van der Waals surface area contributed by atoms with Crippen molar-refractivity contribution in [2.75, 3.05) is 0 Å². The molecular weight excluding hydrogens is 225 g/mol. The van der Waals surface area contributed by atoms with Crippen LogP contribution in [0.3, 0.4) is 0 Å². The molecule has 0 spiro atoms. The molecule has 14 heavy (non-hydrogen) atoms. The summed E-state index contributed by atoms with van der Waals surface area (Å²) in [6.45, 7) is 6.00. The largest absolute Gasteiger partial charge is 0.460 e. The molecule has 0 N–H and O–H groups in total. The summed E-state index contributed by atoms with van der Waals surface area (Å²) in [4.78, 5) is 11.2. The van der Waals surface area contributed by atoms with Crippen LogP contribution in [0.1, 0.15) is 20.8 Å². The Morgan fingerprint density at radius 1 is 1.00 bits per heavy atom. The maximum absolute atomic E-state index is 5.59. The summed E-state index contributed by atoms with van der Waals surface area (Å²) in [5.74, 6) is 0.365. The highest BCUT2D eigenvalue weighted by Gasteiger charge is 2.12. The van der Waals surface area contributed by atoms with Crippen LogP contribution in [0.2, 0.25) is 10.6 Å². The number of rotatable bonds is 3. The zero-order valence-corrected chi connectivity index (χ0v) is 9.67. The lowest BCUT2D eigenvalue weighted by molar-refractivity contribution is 0.155. The van der Waals surface area contributed by atoms with Gasteiger partial charge in [0.2, 0.25) is 10.6 Å². The number of hydrogen-bond acceptors (Lipinski definition) is 4. The van der Waals surface area contributed by atoms with E-state index in [1.54, 1.807) is 0 Å². The third-order valence-electron chi connectivity index (χ3n) is 1.79. The summed E-state index contributed by atoms with van der Waals surface area (Å²) in [5, 5.41) is 0.0758. The monoisotopic (exact) mass is 235 g/mol. The molecule has 0 bridgehead atoms. The molecule has 1 aromatic heterocycles. The Morgan fingerprint density at radius 3 is 1.93 bits per heavy atom. The standard InChI is InChI=1S/C8H11Cl2N3O/c1-4(2)5(3)14-8-12-6(9)11-7(10)13-8/h4-5H,1-3H3. The van der Waals surface area contributed by atoms with Gasteiger partial charge in [0.05, 0.1) is 0 Å². The molecule has 1 atom stereocenters. The first-order valence-electron chi connectivity index (χ1n) is 4.22. The van der Waals surface area contributed by atoms with Crippen molar-refractivity contribution < 1.29 is 4.74 Å². The zero-order valence-electron chi connectivity index (χ0n) is 8.16. The summed E-state index contributed by atoms with van der Waals surface area (Å²) < 4.78 is 5.41. The number of hydrogen-bond donors (Lipinski definition) is 0. The van der Waals surface area contributed by atoms with Gasteiger partial charge in [-0.3, -0.25) is 0 Å². The minimum Gasteiger partial charge on any atom is -0.460 e. The molecule has 0 saturated heterocycles. The molecule has 6 heteroatoms. The summed E-state index contributed by atoms with van der Waals surface area (Å²) in [6, 6.07) is 0.163. The van der Waals surface area contributed by atoms with Crippen LogP contribution >= 0.6 is 23.2 Å². The van der Waals surface area contributed by atoms with E-state index in [1.807, 2.05) is 20.8 Å². The number of aromatic nitrogens is 3. The van der Waals surface area contributed by atoms with E-state index < -0.39 is 0 Å². The quantitative estimate of drug-likeness (QED) is 0.809. The molecule has 0 aliphatic carbocycles. The molecule has 1 heterocycles. The summed E-state index contributed by atoms with van der Waals surface area (Å²) in [5.41, 5.74) is 0. The van der Waals surface area contributed by atoms with Crippen molar-refractivity contribution in [2.24, 2.45) is 5.92 Å². The Bertz CT molecular complexity index is 299. The van der Waals surface area contributed by atoms with Crippen LogP contribution < -0.4 is 4.74 Å². The molecule has 1 aromatic rings. The van der Waals surface area contributed by atoms with E-state index in [1.165, 1.54) is 0 Å². The van der Waals surface area contributed by atoms with Crippen LogP contribution in [-0.4, -0.2) is 21.1 Å². The van der Waals surface area contributed by atoms with E-state index in [4.69, 9.17) is 27.9 Å². The number of halogens is 2. The van der Waals surface area contributed by atoms with Crippen molar-refractivity contribution in [1.29, 1.82) is 0 Å². The minimum absolute atomic E-state index is 0.00420. The van der Waals surface area contributed by atoms with Crippen molar-refractivity contribution in [1.82, 2.24) is 15.0 Å². The van der Waals surface area contributed by atoms with Gasteiger partial charge in [0.1, 0.15) is 6.10 Å². The Hall–Kier alpha value is -0.610. The normalized spacial score (nSPS) is 13.0. The lowest BCUT2D eigenvalue weighted by atomic mass is 10.1. The van der Waals surface area contributed by atoms with Crippen LogP contribution in [0.15, 0.2) is 0 Å². The lowest BCUT2D eigenvalue weighted by Crippen LogP contribution is -2.20. The van der Waals surface area contributed by atoms with Crippen molar-refractivity contribution in [3.63, 3.8) is 0 Å². The number of nitrogens with zero attached hydrogens (tertiary/aromatic N) is 3. The first-order chi connectivity index (χ1) is 6.49. The minimum atomic E-state index is 0.00420. The first kappa shape index (κ1) is 11.5. The summed E-state index contributed by atoms with van der Waals surface area (Å²) >= 11 is 11.2. The molecule has 0 fully saturated rings. The van der Waals surface area contributed by atoms with E-state index in [0.717, 1.165) is 0 Å². The van der Waals surface area contributed by atoms with Crippen LogP contribution in [0.25, 0.3) is 0 Å². The highest BCUT2D eigenvalue weighted by atomic mass is 35.5. The summed E-state index contributed by atoms with van der Waals surface area (Å²) in [7, 11) is 0. The predicted octanol–water partition coefficient (Wildman–Crippen LogP) is 2.60. The van der Waals surface area contributed by atoms with E-state index >= 15 is 0 Å². The molecule has 1 unspecified atom stereocenters. The topological polar surface area (TPSA) is 47.9 Å². The van der Waals surface area contributed by atoms with Gasteiger partial charge in [-0.15, -0.1) is 0 Å². The van der Waals surface area contributed by atoms with E-state index in [0.29, 0.717) is 5.92 Å². The van der Waals surface area contributed by atoms with Gasteiger partial charge in [0.15, 0.2) is 0 Å². The second-order valence-corrected chi connectivity index (χ2v) is 3.90. The van der Waals surface area contributed by atoms with Crippen LogP contribution in [-0.2, 0) is 0 Å². The van der Waals surface area contributed by atoms with Gasteiger partial charge in [-0.05, 0) is 36.0 Å². The fourth-order valence-corrected chi connectivity index (χ4v) is 1.01. The molecule has 0 amide bonds. The predicted molar refractivity (Wildman–Crippen MR) is 54.8 cm³/mol. The number of ether oxygens (including phenoxy) is 1. The van der Waals surface area contributed by atoms with Gasteiger partial charge < -0.3 is 4.74 Å². The average molecular weight is 236 g/mol. The molecular formula is C8H11Cl2N3O. The van der Waals surface area contributed by atoms with Crippen molar-refractivity contribution >= 4 is 23.2 Å². The molecule has 1 rings (SSSR count). The molecule has 0 radical (unpaired) electrons. The van der Waals surface area contributed by atoms with Crippen LogP contribution in [0.4, 0.5) is 0 Å². The Labute approximate surface area is 92.6 Å². The van der Waals surface area contributed by atoms with Crippen molar-refractivity contribution in [3.05, 3.63) is 10.6 Å². The molecule has 0 aliphatic heterocycles. The summed E-state index contributed by atoms with van der Waals surface area (Å²) in [6.07, 6.45) is 0.00420. The van der Waals surface area contributed by atoms with Gasteiger partial charge in [-0.2, -0.15) is 15.0 Å². The van der Waals surface area contributed by atoms with Crippen LogP contribution in [0, 0.1) is 5.92 Å². The molecule has 78 valence electrons. The highest BCUT2D eigenvalue weighted by Crippen LogP contribution is 2.14. The van der Waals surface area contributed by atoms with Gasteiger partial charge in [0, 0.05) is 0 Å². The van der Waals surface area contributed by atoms with Gasteiger partial charge >= 0.3 is 6.01 Å². The second-order valence-electron chi connectivity index (χ2n) is 3.22. The van der Waals surface area contributed by atoms with E-state index in [2.05, 4.69) is 15.0 Å². The maximum Gasteiger partial charge on any atom is 0.322 e. The third-order valence-corrected chi connectivity index (χ3v) is 2.13. The highest BCUT2D eigenvalue weighted by molar-refractivity contribution is 6.31. The third kappa shape index (κ3) is 3.27. The average Bonchev–Trinajstić information content (AvgIpc) is 2.01. The SMILES string of the molecule is CC(C)C(C)Oc1nc(Cl)nc(Cl)n1. The van der Waals surface area contributed by atoms with Crippen molar-refractivity contribution in [3.8, 4) is 6.01 Å². The molecule has 0 aliphatic rings. The zero-order chi connectivity index (χ0) is 10.7. The maximum atomic E-state index is 5.59. The Morgan fingerprint density at radius 2 is 1.50 bits per heavy atom. The van der Waals surface area contributed by atoms with E-state index in [9.17, 15) is 0 Å². The fourth-order valence-electron chi connectivity index (χ4n) is 0.664. The molecule has 0 saturated carbocycles.